The number of amides is 1. The number of nitrogens with one attached hydrogen (secondary N) is 1. The second-order valence-corrected chi connectivity index (χ2v) is 6.94. The molecule has 5 heteroatoms. The molecule has 1 saturated carbocycles. The fourth-order valence-corrected chi connectivity index (χ4v) is 3.80. The van der Waals surface area contributed by atoms with Gasteiger partial charge in [0.25, 0.3) is 0 Å². The Morgan fingerprint density at radius 3 is 2.41 bits per heavy atom. The minimum absolute atomic E-state index is 0.111. The molecule has 1 amide bonds. The zero-order valence-electron chi connectivity index (χ0n) is 13.6. The van der Waals surface area contributed by atoms with E-state index in [2.05, 4.69) is 12.2 Å². The highest BCUT2D eigenvalue weighted by molar-refractivity contribution is 5.83. The zero-order chi connectivity index (χ0) is 15.9. The number of carbonyl (C=O) groups is 2. The van der Waals surface area contributed by atoms with Crippen molar-refractivity contribution in [1.82, 2.24) is 5.32 Å². The molecule has 2 rings (SSSR count). The molecule has 0 aromatic carbocycles. The largest absolute Gasteiger partial charge is 0.480 e. The third kappa shape index (κ3) is 4.97. The highest BCUT2D eigenvalue weighted by Gasteiger charge is 2.32. The first-order valence-corrected chi connectivity index (χ1v) is 8.68. The lowest BCUT2D eigenvalue weighted by Gasteiger charge is -2.30. The summed E-state index contributed by atoms with van der Waals surface area (Å²) < 4.78 is 5.36. The third-order valence-electron chi connectivity index (χ3n) is 5.21. The summed E-state index contributed by atoms with van der Waals surface area (Å²) in [5.74, 6) is -0.247. The van der Waals surface area contributed by atoms with Crippen LogP contribution in [-0.2, 0) is 14.3 Å². The fourth-order valence-electron chi connectivity index (χ4n) is 3.80. The molecule has 3 atom stereocenters. The van der Waals surface area contributed by atoms with Gasteiger partial charge in [-0.25, -0.2) is 4.79 Å². The number of carboxylic acid groups (broad SMARTS) is 1. The van der Waals surface area contributed by atoms with E-state index in [1.54, 1.807) is 0 Å². The van der Waals surface area contributed by atoms with E-state index >= 15 is 0 Å². The molecule has 3 unspecified atom stereocenters. The lowest BCUT2D eigenvalue weighted by atomic mass is 9.79. The van der Waals surface area contributed by atoms with E-state index in [0.717, 1.165) is 12.8 Å². The van der Waals surface area contributed by atoms with Crippen LogP contribution in [0.2, 0.25) is 0 Å². The van der Waals surface area contributed by atoms with Gasteiger partial charge in [0, 0.05) is 18.9 Å². The summed E-state index contributed by atoms with van der Waals surface area (Å²) in [4.78, 5) is 23.7. The standard InChI is InChI=1S/C17H29NO4/c1-12(13-6-3-2-4-7-13)10-15(19)18-16(17(20)21)14-8-5-9-22-11-14/h12-14,16H,2-11H2,1H3,(H,18,19)(H,20,21). The van der Waals surface area contributed by atoms with E-state index in [-0.39, 0.29) is 11.8 Å². The van der Waals surface area contributed by atoms with E-state index in [1.807, 2.05) is 0 Å². The van der Waals surface area contributed by atoms with Gasteiger partial charge >= 0.3 is 5.97 Å². The maximum atomic E-state index is 12.2. The van der Waals surface area contributed by atoms with Gasteiger partial charge in [0.1, 0.15) is 6.04 Å². The van der Waals surface area contributed by atoms with Gasteiger partial charge in [-0.15, -0.1) is 0 Å². The van der Waals surface area contributed by atoms with E-state index in [4.69, 9.17) is 4.74 Å². The normalized spacial score (nSPS) is 26.1. The van der Waals surface area contributed by atoms with E-state index < -0.39 is 12.0 Å². The van der Waals surface area contributed by atoms with Crippen molar-refractivity contribution in [2.24, 2.45) is 17.8 Å². The van der Waals surface area contributed by atoms with Crippen LogP contribution in [0.3, 0.4) is 0 Å². The van der Waals surface area contributed by atoms with Gasteiger partial charge < -0.3 is 15.2 Å². The van der Waals surface area contributed by atoms with Crippen LogP contribution >= 0.6 is 0 Å². The van der Waals surface area contributed by atoms with Crippen molar-refractivity contribution in [3.05, 3.63) is 0 Å². The lowest BCUT2D eigenvalue weighted by Crippen LogP contribution is -2.48. The molecule has 2 N–H and O–H groups in total. The summed E-state index contributed by atoms with van der Waals surface area (Å²) in [6, 6.07) is -0.814. The molecule has 1 aliphatic carbocycles. The molecular formula is C17H29NO4. The monoisotopic (exact) mass is 311 g/mol. The Morgan fingerprint density at radius 2 is 1.82 bits per heavy atom. The van der Waals surface area contributed by atoms with E-state index in [0.29, 0.717) is 31.5 Å². The average Bonchev–Trinajstić information content (AvgIpc) is 2.54. The SMILES string of the molecule is CC(CC(=O)NC(C(=O)O)C1CCCOC1)C1CCCCC1. The Hall–Kier alpha value is -1.10. The molecule has 1 saturated heterocycles. The molecule has 0 bridgehead atoms. The molecule has 1 aliphatic heterocycles. The molecule has 5 nitrogen and oxygen atoms in total. The quantitative estimate of drug-likeness (QED) is 0.790. The number of hydrogen-bond acceptors (Lipinski definition) is 3. The van der Waals surface area contributed by atoms with Crippen molar-refractivity contribution in [1.29, 1.82) is 0 Å². The Balaban J connectivity index is 1.83. The lowest BCUT2D eigenvalue weighted by molar-refractivity contribution is -0.145. The van der Waals surface area contributed by atoms with Gasteiger partial charge in [-0.1, -0.05) is 39.0 Å². The number of carbonyl (C=O) groups excluding carboxylic acids is 1. The second kappa shape index (κ2) is 8.51. The Morgan fingerprint density at radius 1 is 1.14 bits per heavy atom. The van der Waals surface area contributed by atoms with Crippen LogP contribution in [0.25, 0.3) is 0 Å². The first-order chi connectivity index (χ1) is 10.6. The van der Waals surface area contributed by atoms with Gasteiger partial charge in [-0.05, 0) is 24.7 Å². The predicted octanol–water partition coefficient (Wildman–Crippen LogP) is 2.59. The smallest absolute Gasteiger partial charge is 0.326 e. The van der Waals surface area contributed by atoms with Crippen LogP contribution < -0.4 is 5.32 Å². The van der Waals surface area contributed by atoms with Crippen LogP contribution in [0.15, 0.2) is 0 Å². The van der Waals surface area contributed by atoms with Crippen LogP contribution in [-0.4, -0.2) is 36.2 Å². The first-order valence-electron chi connectivity index (χ1n) is 8.68. The molecule has 126 valence electrons. The zero-order valence-corrected chi connectivity index (χ0v) is 13.6. The molecule has 1 heterocycles. The molecule has 0 aromatic rings. The Kier molecular flexibility index (Phi) is 6.68. The average molecular weight is 311 g/mol. The summed E-state index contributed by atoms with van der Waals surface area (Å²) in [6.07, 6.45) is 8.32. The van der Waals surface area contributed by atoms with Crippen LogP contribution in [0, 0.1) is 17.8 Å². The molecule has 2 fully saturated rings. The van der Waals surface area contributed by atoms with Crippen LogP contribution in [0.4, 0.5) is 0 Å². The van der Waals surface area contributed by atoms with Gasteiger partial charge in [0.15, 0.2) is 0 Å². The molecular weight excluding hydrogens is 282 g/mol. The van der Waals surface area contributed by atoms with Gasteiger partial charge in [0.05, 0.1) is 6.61 Å². The fraction of sp³-hybridized carbons (Fsp3) is 0.882. The molecule has 0 spiro atoms. The highest BCUT2D eigenvalue weighted by Crippen LogP contribution is 2.31. The molecule has 22 heavy (non-hydrogen) atoms. The highest BCUT2D eigenvalue weighted by atomic mass is 16.5. The third-order valence-corrected chi connectivity index (χ3v) is 5.21. The number of ether oxygens (including phenoxy) is 1. The summed E-state index contributed by atoms with van der Waals surface area (Å²) in [6.45, 7) is 3.24. The maximum absolute atomic E-state index is 12.2. The van der Waals surface area contributed by atoms with Crippen molar-refractivity contribution >= 4 is 11.9 Å². The number of aliphatic carboxylic acids is 1. The van der Waals surface area contributed by atoms with Crippen molar-refractivity contribution in [3.63, 3.8) is 0 Å². The second-order valence-electron chi connectivity index (χ2n) is 6.94. The van der Waals surface area contributed by atoms with Crippen molar-refractivity contribution in [2.45, 2.75) is 64.3 Å². The minimum atomic E-state index is -0.950. The summed E-state index contributed by atoms with van der Waals surface area (Å²) >= 11 is 0. The summed E-state index contributed by atoms with van der Waals surface area (Å²) in [7, 11) is 0. The van der Waals surface area contributed by atoms with Crippen LogP contribution in [0.1, 0.15) is 58.3 Å². The van der Waals surface area contributed by atoms with Crippen LogP contribution in [0.5, 0.6) is 0 Å². The molecule has 0 radical (unpaired) electrons. The maximum Gasteiger partial charge on any atom is 0.326 e. The van der Waals surface area contributed by atoms with Gasteiger partial charge in [-0.2, -0.15) is 0 Å². The number of carboxylic acids is 1. The minimum Gasteiger partial charge on any atom is -0.480 e. The van der Waals surface area contributed by atoms with Gasteiger partial charge in [-0.3, -0.25) is 4.79 Å². The Labute approximate surface area is 132 Å². The summed E-state index contributed by atoms with van der Waals surface area (Å²) in [5.41, 5.74) is 0. The van der Waals surface area contributed by atoms with E-state index in [1.165, 1.54) is 32.1 Å². The number of hydrogen-bond donors (Lipinski definition) is 2. The molecule has 2 aliphatic rings. The first kappa shape index (κ1) is 17.3. The summed E-state index contributed by atoms with van der Waals surface area (Å²) in [5, 5.41) is 12.1. The van der Waals surface area contributed by atoms with Crippen molar-refractivity contribution in [3.8, 4) is 0 Å². The van der Waals surface area contributed by atoms with Crippen molar-refractivity contribution < 1.29 is 19.4 Å². The van der Waals surface area contributed by atoms with Gasteiger partial charge in [0.2, 0.25) is 5.91 Å². The van der Waals surface area contributed by atoms with Crippen molar-refractivity contribution in [2.75, 3.05) is 13.2 Å². The topological polar surface area (TPSA) is 75.6 Å². The predicted molar refractivity (Wildman–Crippen MR) is 83.5 cm³/mol. The Bertz CT molecular complexity index is 373. The van der Waals surface area contributed by atoms with E-state index in [9.17, 15) is 14.7 Å². The molecule has 0 aromatic heterocycles. The number of rotatable bonds is 6.